The lowest BCUT2D eigenvalue weighted by Gasteiger charge is -2.18. The monoisotopic (exact) mass is 411 g/mol. The molecule has 0 spiro atoms. The minimum absolute atomic E-state index is 0.108. The second kappa shape index (κ2) is 5.89. The Morgan fingerprint density at radius 3 is 2.81 bits per heavy atom. The molecule has 0 aromatic heterocycles. The van der Waals surface area contributed by atoms with Crippen molar-refractivity contribution in [3.05, 3.63) is 69.4 Å². The number of carbonyl (C=O) groups is 1. The molecule has 2 atom stereocenters. The molecule has 2 aromatic carbocycles. The lowest BCUT2D eigenvalue weighted by Crippen LogP contribution is -2.31. The van der Waals surface area contributed by atoms with E-state index in [2.05, 4.69) is 43.2 Å². The molecule has 0 heterocycles. The number of fused-ring (bicyclic) bond motifs is 1. The van der Waals surface area contributed by atoms with Gasteiger partial charge in [0.2, 0.25) is 0 Å². The van der Waals surface area contributed by atoms with Crippen LogP contribution in [0.3, 0.4) is 0 Å². The molecule has 1 aliphatic rings. The number of nitrogens with one attached hydrogen (secondary N) is 1. The number of hydrogen-bond donors (Lipinski definition) is 1. The summed E-state index contributed by atoms with van der Waals surface area (Å²) < 4.78 is 13.9. The van der Waals surface area contributed by atoms with Crippen LogP contribution in [0.25, 0.3) is 0 Å². The van der Waals surface area contributed by atoms with Crippen molar-refractivity contribution >= 4 is 37.8 Å². The first-order chi connectivity index (χ1) is 10.1. The van der Waals surface area contributed by atoms with Gasteiger partial charge in [-0.3, -0.25) is 4.79 Å². The summed E-state index contributed by atoms with van der Waals surface area (Å²) in [7, 11) is 0. The highest BCUT2D eigenvalue weighted by Crippen LogP contribution is 2.36. The summed E-state index contributed by atoms with van der Waals surface area (Å²) in [5.41, 5.74) is 2.64. The summed E-state index contributed by atoms with van der Waals surface area (Å²) >= 11 is 6.91. The Bertz CT molecular complexity index is 704. The second-order valence-corrected chi connectivity index (χ2v) is 7.02. The lowest BCUT2D eigenvalue weighted by molar-refractivity contribution is 0.0936. The van der Waals surface area contributed by atoms with Crippen molar-refractivity contribution in [1.82, 2.24) is 5.32 Å². The van der Waals surface area contributed by atoms with Crippen LogP contribution in [0.15, 0.2) is 46.9 Å². The van der Waals surface area contributed by atoms with Crippen molar-refractivity contribution in [3.8, 4) is 0 Å². The minimum Gasteiger partial charge on any atom is -0.344 e. The van der Waals surface area contributed by atoms with E-state index in [4.69, 9.17) is 0 Å². The third kappa shape index (κ3) is 2.90. The Kier molecular flexibility index (Phi) is 4.13. The highest BCUT2D eigenvalue weighted by molar-refractivity contribution is 9.10. The van der Waals surface area contributed by atoms with Gasteiger partial charge in [-0.15, -0.1) is 0 Å². The molecule has 2 aromatic rings. The van der Waals surface area contributed by atoms with Crippen molar-refractivity contribution < 1.29 is 9.18 Å². The summed E-state index contributed by atoms with van der Waals surface area (Å²) in [6.45, 7) is 0. The van der Waals surface area contributed by atoms with Gasteiger partial charge in [0.05, 0.1) is 11.6 Å². The maximum absolute atomic E-state index is 13.3. The quantitative estimate of drug-likeness (QED) is 0.728. The molecule has 1 aliphatic carbocycles. The summed E-state index contributed by atoms with van der Waals surface area (Å²) in [4.78, 5) is 12.5. The number of amides is 1. The first-order valence-electron chi connectivity index (χ1n) is 6.54. The smallest absolute Gasteiger partial charge is 0.253 e. The molecule has 3 rings (SSSR count). The van der Waals surface area contributed by atoms with E-state index in [9.17, 15) is 9.18 Å². The Labute approximate surface area is 139 Å². The van der Waals surface area contributed by atoms with Gasteiger partial charge in [0.15, 0.2) is 0 Å². The van der Waals surface area contributed by atoms with Gasteiger partial charge in [0, 0.05) is 9.30 Å². The average molecular weight is 413 g/mol. The van der Waals surface area contributed by atoms with E-state index in [0.29, 0.717) is 10.0 Å². The van der Waals surface area contributed by atoms with Crippen molar-refractivity contribution in [3.63, 3.8) is 0 Å². The fourth-order valence-corrected chi connectivity index (χ4v) is 3.80. The molecule has 0 saturated carbocycles. The predicted octanol–water partition coefficient (Wildman–Crippen LogP) is 4.38. The van der Waals surface area contributed by atoms with Crippen molar-refractivity contribution in [2.45, 2.75) is 17.3 Å². The second-order valence-electron chi connectivity index (χ2n) is 4.99. The average Bonchev–Trinajstić information content (AvgIpc) is 2.78. The molecule has 0 fully saturated rings. The first-order valence-corrected chi connectivity index (χ1v) is 8.25. The summed E-state index contributed by atoms with van der Waals surface area (Å²) in [5.74, 6) is -0.710. The van der Waals surface area contributed by atoms with Crippen LogP contribution in [0.4, 0.5) is 4.39 Å². The number of halogens is 3. The molecular formula is C16H12Br2FNO. The number of rotatable bonds is 2. The summed E-state index contributed by atoms with van der Waals surface area (Å²) in [5, 5.41) is 2.99. The van der Waals surface area contributed by atoms with Crippen molar-refractivity contribution in [1.29, 1.82) is 0 Å². The van der Waals surface area contributed by atoms with Gasteiger partial charge in [0.1, 0.15) is 5.82 Å². The van der Waals surface area contributed by atoms with Crippen LogP contribution < -0.4 is 5.32 Å². The maximum Gasteiger partial charge on any atom is 0.253 e. The van der Waals surface area contributed by atoms with Gasteiger partial charge < -0.3 is 5.32 Å². The fraction of sp³-hybridized carbons (Fsp3) is 0.188. The van der Waals surface area contributed by atoms with Gasteiger partial charge in [-0.1, -0.05) is 40.2 Å². The fourth-order valence-electron chi connectivity index (χ4n) is 2.60. The minimum atomic E-state index is -0.425. The van der Waals surface area contributed by atoms with E-state index in [1.165, 1.54) is 17.7 Å². The number of carbonyl (C=O) groups excluding carboxylic acids is 1. The third-order valence-corrected chi connectivity index (χ3v) is 5.17. The Morgan fingerprint density at radius 1 is 1.24 bits per heavy atom. The first kappa shape index (κ1) is 14.7. The lowest BCUT2D eigenvalue weighted by atomic mass is 10.1. The third-order valence-electron chi connectivity index (χ3n) is 3.63. The molecule has 5 heteroatoms. The Hall–Kier alpha value is -1.20. The molecular weight excluding hydrogens is 401 g/mol. The van der Waals surface area contributed by atoms with Crippen LogP contribution >= 0.6 is 31.9 Å². The number of benzene rings is 2. The molecule has 1 N–H and O–H groups in total. The summed E-state index contributed by atoms with van der Waals surface area (Å²) in [6.07, 6.45) is 0.867. The van der Waals surface area contributed by atoms with Crippen LogP contribution in [0, 0.1) is 5.82 Å². The molecule has 0 bridgehead atoms. The zero-order chi connectivity index (χ0) is 15.0. The normalized spacial score (nSPS) is 20.1. The predicted molar refractivity (Wildman–Crippen MR) is 87.2 cm³/mol. The van der Waals surface area contributed by atoms with Gasteiger partial charge in [-0.25, -0.2) is 4.39 Å². The van der Waals surface area contributed by atoms with Crippen LogP contribution in [0.2, 0.25) is 0 Å². The SMILES string of the molecule is O=C(NC1c2ccccc2CC1Br)c1cc(F)ccc1Br. The Morgan fingerprint density at radius 2 is 2.00 bits per heavy atom. The maximum atomic E-state index is 13.3. The van der Waals surface area contributed by atoms with E-state index < -0.39 is 5.82 Å². The van der Waals surface area contributed by atoms with Gasteiger partial charge >= 0.3 is 0 Å². The van der Waals surface area contributed by atoms with E-state index in [1.807, 2.05) is 18.2 Å². The Balaban J connectivity index is 1.87. The molecule has 21 heavy (non-hydrogen) atoms. The zero-order valence-corrected chi connectivity index (χ0v) is 14.1. The van der Waals surface area contributed by atoms with E-state index in [1.54, 1.807) is 6.07 Å². The molecule has 1 amide bonds. The molecule has 0 aliphatic heterocycles. The van der Waals surface area contributed by atoms with Gasteiger partial charge in [-0.05, 0) is 51.7 Å². The highest BCUT2D eigenvalue weighted by Gasteiger charge is 2.32. The van der Waals surface area contributed by atoms with Crippen LogP contribution in [0.1, 0.15) is 27.5 Å². The highest BCUT2D eigenvalue weighted by atomic mass is 79.9. The molecule has 0 radical (unpaired) electrons. The van der Waals surface area contributed by atoms with Crippen LogP contribution in [-0.2, 0) is 6.42 Å². The molecule has 2 unspecified atom stereocenters. The molecule has 2 nitrogen and oxygen atoms in total. The van der Waals surface area contributed by atoms with E-state index >= 15 is 0 Å². The largest absolute Gasteiger partial charge is 0.344 e. The zero-order valence-electron chi connectivity index (χ0n) is 10.9. The van der Waals surface area contributed by atoms with Gasteiger partial charge in [-0.2, -0.15) is 0 Å². The van der Waals surface area contributed by atoms with Crippen LogP contribution in [-0.4, -0.2) is 10.7 Å². The molecule has 0 saturated heterocycles. The van der Waals surface area contributed by atoms with Crippen molar-refractivity contribution in [2.75, 3.05) is 0 Å². The van der Waals surface area contributed by atoms with Crippen LogP contribution in [0.5, 0.6) is 0 Å². The molecule has 108 valence electrons. The van der Waals surface area contributed by atoms with E-state index in [-0.39, 0.29) is 16.8 Å². The number of hydrogen-bond acceptors (Lipinski definition) is 1. The topological polar surface area (TPSA) is 29.1 Å². The summed E-state index contributed by atoms with van der Waals surface area (Å²) in [6, 6.07) is 12.0. The van der Waals surface area contributed by atoms with Crippen molar-refractivity contribution in [2.24, 2.45) is 0 Å². The van der Waals surface area contributed by atoms with E-state index in [0.717, 1.165) is 12.0 Å². The van der Waals surface area contributed by atoms with Gasteiger partial charge in [0.25, 0.3) is 5.91 Å². The number of alkyl halides is 1. The standard InChI is InChI=1S/C16H12Br2FNO/c17-13-6-5-10(19)8-12(13)16(21)20-15-11-4-2-1-3-9(11)7-14(15)18/h1-6,8,14-15H,7H2,(H,20,21).